The molecule has 0 unspecified atom stereocenters. The van der Waals surface area contributed by atoms with Crippen LogP contribution in [-0.4, -0.2) is 38.0 Å². The van der Waals surface area contributed by atoms with E-state index < -0.39 is 0 Å². The number of aromatic nitrogens is 1. The lowest BCUT2D eigenvalue weighted by molar-refractivity contribution is 0.174. The van der Waals surface area contributed by atoms with Gasteiger partial charge in [0.2, 0.25) is 6.79 Å². The number of fused-ring (bicyclic) bond motifs is 2. The maximum atomic E-state index is 13.4. The van der Waals surface area contributed by atoms with Crippen LogP contribution in [0.5, 0.6) is 11.5 Å². The Morgan fingerprint density at radius 1 is 0.780 bits per heavy atom. The van der Waals surface area contributed by atoms with E-state index in [2.05, 4.69) is 58.0 Å². The summed E-state index contributed by atoms with van der Waals surface area (Å²) in [6, 6.07) is 29.4. The number of hydrogen-bond donors (Lipinski definition) is 2. The zero-order valence-corrected chi connectivity index (χ0v) is 22.4. The Kier molecular flexibility index (Phi) is 6.70. The number of piperazine rings is 1. The number of halogens is 1. The number of pyridine rings is 1. The molecule has 0 aliphatic carbocycles. The smallest absolute Gasteiger partial charge is 0.231 e. The summed E-state index contributed by atoms with van der Waals surface area (Å²) >= 11 is 0. The molecule has 1 saturated heterocycles. The second-order valence-corrected chi connectivity index (χ2v) is 10.2. The maximum Gasteiger partial charge on any atom is 0.231 e. The van der Waals surface area contributed by atoms with E-state index in [1.807, 2.05) is 36.4 Å². The Hall–Kier alpha value is -4.88. The van der Waals surface area contributed by atoms with Crippen LogP contribution in [-0.2, 0) is 0 Å². The monoisotopic (exact) mass is 544 g/mol. The fraction of sp³-hybridized carbons (Fsp3) is 0.147. The molecule has 0 radical (unpaired) electrons. The van der Waals surface area contributed by atoms with Crippen molar-refractivity contribution >= 4 is 40.1 Å². The normalized spacial score (nSPS) is 14.6. The average Bonchev–Trinajstić information content (AvgIpc) is 3.50. The van der Waals surface area contributed by atoms with Gasteiger partial charge in [0, 0.05) is 42.9 Å². The van der Waals surface area contributed by atoms with Gasteiger partial charge >= 0.3 is 0 Å². The molecular formula is C34H29FN4O2. The molecule has 0 saturated carbocycles. The quantitative estimate of drug-likeness (QED) is 0.238. The largest absolute Gasteiger partial charge is 0.454 e. The first-order valence-corrected chi connectivity index (χ1v) is 13.8. The molecule has 2 N–H and O–H groups in total. The van der Waals surface area contributed by atoms with Crippen LogP contribution < -0.4 is 25.0 Å². The average molecular weight is 545 g/mol. The highest BCUT2D eigenvalue weighted by atomic mass is 19.1. The van der Waals surface area contributed by atoms with Gasteiger partial charge in [-0.25, -0.2) is 9.37 Å². The summed E-state index contributed by atoms with van der Waals surface area (Å²) in [5.41, 5.74) is 7.86. The molecule has 2 aliphatic heterocycles. The molecular weight excluding hydrogens is 515 g/mol. The van der Waals surface area contributed by atoms with Crippen molar-refractivity contribution in [1.82, 2.24) is 10.3 Å². The third-order valence-electron chi connectivity index (χ3n) is 7.48. The second-order valence-electron chi connectivity index (χ2n) is 10.2. The molecule has 41 heavy (non-hydrogen) atoms. The second kappa shape index (κ2) is 10.9. The van der Waals surface area contributed by atoms with E-state index in [1.54, 1.807) is 12.1 Å². The molecule has 5 aromatic rings. The Morgan fingerprint density at radius 2 is 1.54 bits per heavy atom. The van der Waals surface area contributed by atoms with Crippen LogP contribution in [0, 0.1) is 5.82 Å². The third kappa shape index (κ3) is 5.44. The molecule has 1 aromatic heterocycles. The summed E-state index contributed by atoms with van der Waals surface area (Å²) in [6.45, 7) is 4.27. The van der Waals surface area contributed by atoms with E-state index in [-0.39, 0.29) is 12.6 Å². The van der Waals surface area contributed by atoms with Crippen LogP contribution in [0.15, 0.2) is 91.0 Å². The Balaban J connectivity index is 1.25. The Morgan fingerprint density at radius 3 is 2.37 bits per heavy atom. The summed E-state index contributed by atoms with van der Waals surface area (Å²) in [7, 11) is 0. The first kappa shape index (κ1) is 25.1. The molecule has 0 spiro atoms. The van der Waals surface area contributed by atoms with Crippen LogP contribution in [0.2, 0.25) is 0 Å². The van der Waals surface area contributed by atoms with Crippen LogP contribution >= 0.6 is 0 Å². The molecule has 7 rings (SSSR count). The van der Waals surface area contributed by atoms with E-state index in [4.69, 9.17) is 14.5 Å². The highest BCUT2D eigenvalue weighted by Crippen LogP contribution is 2.38. The number of ether oxygens (including phenoxy) is 2. The van der Waals surface area contributed by atoms with Crippen molar-refractivity contribution in [1.29, 1.82) is 0 Å². The van der Waals surface area contributed by atoms with E-state index >= 15 is 0 Å². The fourth-order valence-electron chi connectivity index (χ4n) is 5.28. The van der Waals surface area contributed by atoms with Gasteiger partial charge in [-0.05, 0) is 89.5 Å². The molecule has 0 amide bonds. The van der Waals surface area contributed by atoms with Crippen LogP contribution in [0.3, 0.4) is 0 Å². The van der Waals surface area contributed by atoms with Crippen LogP contribution in [0.25, 0.3) is 34.2 Å². The zero-order valence-electron chi connectivity index (χ0n) is 22.4. The fourth-order valence-corrected chi connectivity index (χ4v) is 5.28. The van der Waals surface area contributed by atoms with Gasteiger partial charge < -0.3 is 25.0 Å². The van der Waals surface area contributed by atoms with Gasteiger partial charge in [0.15, 0.2) is 11.5 Å². The highest BCUT2D eigenvalue weighted by molar-refractivity contribution is 5.97. The van der Waals surface area contributed by atoms with Crippen molar-refractivity contribution in [2.45, 2.75) is 0 Å². The number of nitrogens with zero attached hydrogens (tertiary/aromatic N) is 2. The predicted octanol–water partition coefficient (Wildman–Crippen LogP) is 7.09. The number of anilines is 3. The van der Waals surface area contributed by atoms with Gasteiger partial charge in [-0.1, -0.05) is 30.3 Å². The first-order valence-electron chi connectivity index (χ1n) is 13.8. The van der Waals surface area contributed by atoms with E-state index in [1.165, 1.54) is 17.8 Å². The van der Waals surface area contributed by atoms with Gasteiger partial charge in [-0.3, -0.25) is 0 Å². The number of rotatable bonds is 6. The van der Waals surface area contributed by atoms with Crippen molar-refractivity contribution in [3.05, 3.63) is 108 Å². The topological polar surface area (TPSA) is 58.7 Å². The lowest BCUT2D eigenvalue weighted by Gasteiger charge is -2.29. The SMILES string of the molecule is Fc1ccc(C=Cc2cc(Nc3ccc(N4CCNCC4)cc3)c3cc(-c4ccc5c(c4)OCO5)ccc3n2)cc1. The Labute approximate surface area is 238 Å². The van der Waals surface area contributed by atoms with Gasteiger partial charge in [0.05, 0.1) is 16.9 Å². The first-order chi connectivity index (χ1) is 20.2. The number of nitrogens with one attached hydrogen (secondary N) is 2. The van der Waals surface area contributed by atoms with Crippen molar-refractivity contribution in [3.8, 4) is 22.6 Å². The minimum atomic E-state index is -0.251. The Bertz CT molecular complexity index is 1730. The van der Waals surface area contributed by atoms with E-state index in [9.17, 15) is 4.39 Å². The van der Waals surface area contributed by atoms with Crippen LogP contribution in [0.1, 0.15) is 11.3 Å². The van der Waals surface area contributed by atoms with Crippen molar-refractivity contribution in [2.24, 2.45) is 0 Å². The third-order valence-corrected chi connectivity index (χ3v) is 7.48. The van der Waals surface area contributed by atoms with E-state index in [0.29, 0.717) is 0 Å². The maximum absolute atomic E-state index is 13.4. The summed E-state index contributed by atoms with van der Waals surface area (Å²) < 4.78 is 24.5. The molecule has 1 fully saturated rings. The minimum Gasteiger partial charge on any atom is -0.454 e. The molecule has 2 aliphatic rings. The minimum absolute atomic E-state index is 0.246. The lowest BCUT2D eigenvalue weighted by Crippen LogP contribution is -2.43. The molecule has 204 valence electrons. The number of hydrogen-bond acceptors (Lipinski definition) is 6. The zero-order chi connectivity index (χ0) is 27.6. The summed E-state index contributed by atoms with van der Waals surface area (Å²) in [4.78, 5) is 7.32. The standard InChI is InChI=1S/C34H29FN4O2/c35-26-6-1-23(2-7-26)3-8-28-21-32(37-27-9-11-29(12-10-27)39-17-15-36-16-18-39)30-19-24(4-13-31(30)38-28)25-5-14-33-34(20-25)41-22-40-33/h1-14,19-21,36H,15-18,22H2,(H,37,38). The molecule has 4 aromatic carbocycles. The van der Waals surface area contributed by atoms with Crippen LogP contribution in [0.4, 0.5) is 21.5 Å². The summed E-state index contributed by atoms with van der Waals surface area (Å²) in [5, 5.41) is 8.06. The van der Waals surface area contributed by atoms with Gasteiger partial charge in [-0.2, -0.15) is 0 Å². The lowest BCUT2D eigenvalue weighted by atomic mass is 10.0. The van der Waals surface area contributed by atoms with Gasteiger partial charge in [0.25, 0.3) is 0 Å². The van der Waals surface area contributed by atoms with Crippen molar-refractivity contribution < 1.29 is 13.9 Å². The van der Waals surface area contributed by atoms with Gasteiger partial charge in [0.1, 0.15) is 5.82 Å². The summed E-state index contributed by atoms with van der Waals surface area (Å²) in [5.74, 6) is 1.27. The van der Waals surface area contributed by atoms with E-state index in [0.717, 1.165) is 82.3 Å². The number of benzene rings is 4. The van der Waals surface area contributed by atoms with Crippen molar-refractivity contribution in [3.63, 3.8) is 0 Å². The highest BCUT2D eigenvalue weighted by Gasteiger charge is 2.15. The molecule has 0 bridgehead atoms. The molecule has 0 atom stereocenters. The molecule has 6 nitrogen and oxygen atoms in total. The molecule has 3 heterocycles. The molecule has 7 heteroatoms. The predicted molar refractivity (Wildman–Crippen MR) is 163 cm³/mol. The van der Waals surface area contributed by atoms with Crippen molar-refractivity contribution in [2.75, 3.05) is 43.2 Å². The van der Waals surface area contributed by atoms with Gasteiger partial charge in [-0.15, -0.1) is 0 Å². The summed E-state index contributed by atoms with van der Waals surface area (Å²) in [6.07, 6.45) is 3.90.